The van der Waals surface area contributed by atoms with Gasteiger partial charge < -0.3 is 15.0 Å². The Hall–Kier alpha value is -2.11. The molecule has 2 rings (SSSR count). The Labute approximate surface area is 98.6 Å². The number of ether oxygens (including phenoxy) is 1. The van der Waals surface area contributed by atoms with Crippen LogP contribution in [0.25, 0.3) is 0 Å². The van der Waals surface area contributed by atoms with Gasteiger partial charge in [0.15, 0.2) is 0 Å². The second kappa shape index (κ2) is 4.82. The summed E-state index contributed by atoms with van der Waals surface area (Å²) in [5.41, 5.74) is 0.924. The van der Waals surface area contributed by atoms with Gasteiger partial charge in [0.1, 0.15) is 6.54 Å². The molecule has 6 nitrogen and oxygen atoms in total. The molecule has 2 amide bonds. The second-order valence-corrected chi connectivity index (χ2v) is 3.75. The summed E-state index contributed by atoms with van der Waals surface area (Å²) in [6, 6.07) is 3.31. The van der Waals surface area contributed by atoms with Gasteiger partial charge in [0.2, 0.25) is 0 Å². The van der Waals surface area contributed by atoms with Crippen LogP contribution in [0.4, 0.5) is 4.79 Å². The fraction of sp³-hybridized carbons (Fsp3) is 0.364. The zero-order valence-corrected chi connectivity index (χ0v) is 9.42. The van der Waals surface area contributed by atoms with Crippen molar-refractivity contribution in [1.29, 1.82) is 0 Å². The van der Waals surface area contributed by atoms with Crippen LogP contribution in [0.15, 0.2) is 24.5 Å². The average Bonchev–Trinajstić information content (AvgIpc) is 2.72. The molecule has 90 valence electrons. The minimum Gasteiger partial charge on any atom is -0.468 e. The van der Waals surface area contributed by atoms with Crippen LogP contribution >= 0.6 is 0 Å². The third-order valence-corrected chi connectivity index (χ3v) is 2.62. The summed E-state index contributed by atoms with van der Waals surface area (Å²) in [6.07, 6.45) is 3.37. The third kappa shape index (κ3) is 2.52. The summed E-state index contributed by atoms with van der Waals surface area (Å²) in [5, 5.41) is 2.79. The summed E-state index contributed by atoms with van der Waals surface area (Å²) in [5.74, 6) is -0.424. The summed E-state index contributed by atoms with van der Waals surface area (Å²) in [6.45, 7) is 0.415. The van der Waals surface area contributed by atoms with Crippen molar-refractivity contribution in [3.63, 3.8) is 0 Å². The number of hydrogen-bond donors (Lipinski definition) is 1. The van der Waals surface area contributed by atoms with Crippen LogP contribution < -0.4 is 5.32 Å². The minimum absolute atomic E-state index is 0.0287. The maximum absolute atomic E-state index is 11.6. The number of carbonyl (C=O) groups excluding carboxylic acids is 2. The number of urea groups is 1. The van der Waals surface area contributed by atoms with Crippen molar-refractivity contribution in [3.05, 3.63) is 30.1 Å². The lowest BCUT2D eigenvalue weighted by Crippen LogP contribution is -2.33. The van der Waals surface area contributed by atoms with Crippen LogP contribution in [-0.4, -0.2) is 42.1 Å². The summed E-state index contributed by atoms with van der Waals surface area (Å²) in [7, 11) is 1.30. The molecule has 0 spiro atoms. The Balaban J connectivity index is 2.02. The van der Waals surface area contributed by atoms with Crippen LogP contribution in [0.2, 0.25) is 0 Å². The molecule has 6 heteroatoms. The van der Waals surface area contributed by atoms with Crippen molar-refractivity contribution in [2.24, 2.45) is 0 Å². The number of nitrogens with one attached hydrogen (secondary N) is 1. The third-order valence-electron chi connectivity index (χ3n) is 2.62. The predicted molar refractivity (Wildman–Crippen MR) is 59.1 cm³/mol. The smallest absolute Gasteiger partial charge is 0.325 e. The molecule has 1 N–H and O–H groups in total. The number of rotatable bonds is 3. The number of carbonyl (C=O) groups is 2. The van der Waals surface area contributed by atoms with Crippen molar-refractivity contribution < 1.29 is 14.3 Å². The highest BCUT2D eigenvalue weighted by molar-refractivity contribution is 5.82. The molecule has 0 radical (unpaired) electrons. The van der Waals surface area contributed by atoms with Crippen LogP contribution in [0.3, 0.4) is 0 Å². The Morgan fingerprint density at radius 3 is 3.18 bits per heavy atom. The molecule has 1 saturated heterocycles. The van der Waals surface area contributed by atoms with E-state index in [1.54, 1.807) is 12.4 Å². The summed E-state index contributed by atoms with van der Waals surface area (Å²) in [4.78, 5) is 28.1. The van der Waals surface area contributed by atoms with E-state index >= 15 is 0 Å². The molecule has 2 heterocycles. The van der Waals surface area contributed by atoms with Crippen molar-refractivity contribution in [2.75, 3.05) is 20.2 Å². The van der Waals surface area contributed by atoms with E-state index in [9.17, 15) is 9.59 Å². The largest absolute Gasteiger partial charge is 0.468 e. The van der Waals surface area contributed by atoms with Crippen molar-refractivity contribution in [3.8, 4) is 0 Å². The van der Waals surface area contributed by atoms with E-state index in [4.69, 9.17) is 0 Å². The van der Waals surface area contributed by atoms with Gasteiger partial charge in [0.25, 0.3) is 0 Å². The zero-order valence-electron chi connectivity index (χ0n) is 9.42. The first kappa shape index (κ1) is 11.4. The SMILES string of the molecule is COC(=O)CN1CC(c2cccnc2)NC1=O. The Morgan fingerprint density at radius 1 is 1.71 bits per heavy atom. The maximum Gasteiger partial charge on any atom is 0.325 e. The van der Waals surface area contributed by atoms with Crippen LogP contribution in [0, 0.1) is 0 Å². The fourth-order valence-electron chi connectivity index (χ4n) is 1.72. The number of aromatic nitrogens is 1. The Kier molecular flexibility index (Phi) is 3.22. The van der Waals surface area contributed by atoms with E-state index in [2.05, 4.69) is 15.0 Å². The summed E-state index contributed by atoms with van der Waals surface area (Å²) < 4.78 is 4.53. The first-order valence-electron chi connectivity index (χ1n) is 5.23. The van der Waals surface area contributed by atoms with Crippen LogP contribution in [0.5, 0.6) is 0 Å². The van der Waals surface area contributed by atoms with E-state index in [0.29, 0.717) is 6.54 Å². The molecule has 0 aromatic carbocycles. The van der Waals surface area contributed by atoms with Crippen molar-refractivity contribution in [2.45, 2.75) is 6.04 Å². The molecule has 1 fully saturated rings. The Morgan fingerprint density at radius 2 is 2.53 bits per heavy atom. The maximum atomic E-state index is 11.6. The van der Waals surface area contributed by atoms with Gasteiger partial charge in [-0.25, -0.2) is 4.79 Å². The molecule has 0 saturated carbocycles. The average molecular weight is 235 g/mol. The first-order valence-corrected chi connectivity index (χ1v) is 5.23. The first-order chi connectivity index (χ1) is 8.20. The number of pyridine rings is 1. The highest BCUT2D eigenvalue weighted by atomic mass is 16.5. The molecule has 1 aliphatic heterocycles. The lowest BCUT2D eigenvalue weighted by molar-refractivity contribution is -0.141. The van der Waals surface area contributed by atoms with Gasteiger partial charge in [0, 0.05) is 18.9 Å². The monoisotopic (exact) mass is 235 g/mol. The van der Waals surface area contributed by atoms with E-state index in [0.717, 1.165) is 5.56 Å². The van der Waals surface area contributed by atoms with Crippen molar-refractivity contribution in [1.82, 2.24) is 15.2 Å². The van der Waals surface area contributed by atoms with Gasteiger partial charge in [-0.2, -0.15) is 0 Å². The molecule has 1 aliphatic rings. The topological polar surface area (TPSA) is 71.5 Å². The zero-order chi connectivity index (χ0) is 12.3. The standard InChI is InChI=1S/C11H13N3O3/c1-17-10(15)7-14-6-9(13-11(14)16)8-3-2-4-12-5-8/h2-5,9H,6-7H2,1H3,(H,13,16). The quantitative estimate of drug-likeness (QED) is 0.766. The summed E-state index contributed by atoms with van der Waals surface area (Å²) >= 11 is 0. The Bertz CT molecular complexity index is 421. The van der Waals surface area contributed by atoms with Crippen molar-refractivity contribution >= 4 is 12.0 Å². The molecule has 1 aromatic rings. The molecule has 0 bridgehead atoms. The normalized spacial score (nSPS) is 19.0. The van der Waals surface area contributed by atoms with Crippen LogP contribution in [-0.2, 0) is 9.53 Å². The fourth-order valence-corrected chi connectivity index (χ4v) is 1.72. The molecular weight excluding hydrogens is 222 g/mol. The van der Waals surface area contributed by atoms with Gasteiger partial charge in [-0.1, -0.05) is 6.07 Å². The molecule has 1 aromatic heterocycles. The lowest BCUT2D eigenvalue weighted by Gasteiger charge is -2.12. The predicted octanol–water partition coefficient (Wildman–Crippen LogP) is 0.321. The lowest BCUT2D eigenvalue weighted by atomic mass is 10.1. The van der Waals surface area contributed by atoms with Crippen LogP contribution in [0.1, 0.15) is 11.6 Å². The molecule has 1 atom stereocenters. The van der Waals surface area contributed by atoms with E-state index in [-0.39, 0.29) is 18.6 Å². The number of hydrogen-bond acceptors (Lipinski definition) is 4. The number of amides is 2. The van der Waals surface area contributed by atoms with Gasteiger partial charge in [0.05, 0.1) is 13.2 Å². The molecule has 1 unspecified atom stereocenters. The highest BCUT2D eigenvalue weighted by Crippen LogP contribution is 2.18. The van der Waals surface area contributed by atoms with Gasteiger partial charge in [-0.3, -0.25) is 9.78 Å². The molecule has 17 heavy (non-hydrogen) atoms. The van der Waals surface area contributed by atoms with E-state index in [1.807, 2.05) is 12.1 Å². The van der Waals surface area contributed by atoms with Gasteiger partial charge >= 0.3 is 12.0 Å². The van der Waals surface area contributed by atoms with E-state index < -0.39 is 5.97 Å². The second-order valence-electron chi connectivity index (χ2n) is 3.75. The van der Waals surface area contributed by atoms with Gasteiger partial charge in [-0.15, -0.1) is 0 Å². The van der Waals surface area contributed by atoms with E-state index in [1.165, 1.54) is 12.0 Å². The number of nitrogens with zero attached hydrogens (tertiary/aromatic N) is 2. The number of esters is 1. The molecule has 0 aliphatic carbocycles. The minimum atomic E-state index is -0.424. The highest BCUT2D eigenvalue weighted by Gasteiger charge is 2.31. The molecular formula is C11H13N3O3. The van der Waals surface area contributed by atoms with Gasteiger partial charge in [-0.05, 0) is 11.6 Å². The number of methoxy groups -OCH3 is 1.